The minimum absolute atomic E-state index is 0.193. The van der Waals surface area contributed by atoms with Crippen LogP contribution in [-0.4, -0.2) is 39.9 Å². The van der Waals surface area contributed by atoms with Crippen LogP contribution >= 0.6 is 0 Å². The minimum Gasteiger partial charge on any atom is -0.450 e. The van der Waals surface area contributed by atoms with Gasteiger partial charge in [-0.2, -0.15) is 13.2 Å². The van der Waals surface area contributed by atoms with Gasteiger partial charge in [-0.15, -0.1) is 0 Å². The lowest BCUT2D eigenvalue weighted by atomic mass is 10.0. The maximum Gasteiger partial charge on any atom is 0.506 e. The second-order valence-corrected chi connectivity index (χ2v) is 5.22. The summed E-state index contributed by atoms with van der Waals surface area (Å²) in [6.45, 7) is -0.646. The van der Waals surface area contributed by atoms with Gasteiger partial charge in [0.05, 0.1) is 10.5 Å². The summed E-state index contributed by atoms with van der Waals surface area (Å²) in [5.74, 6) is 2.06. The molecule has 1 aromatic heterocycles. The summed E-state index contributed by atoms with van der Waals surface area (Å²) in [7, 11) is 0. The van der Waals surface area contributed by atoms with Gasteiger partial charge in [-0.25, -0.2) is 4.79 Å². The first-order chi connectivity index (χ1) is 13.6. The molecule has 1 amide bonds. The third-order valence-electron chi connectivity index (χ3n) is 3.30. The molecule has 0 bridgehead atoms. The largest absolute Gasteiger partial charge is 0.506 e. The van der Waals surface area contributed by atoms with Crippen molar-refractivity contribution in [1.82, 2.24) is 4.98 Å². The number of benzene rings is 1. The minimum atomic E-state index is -5.30. The summed E-state index contributed by atoms with van der Waals surface area (Å²) in [6, 6.07) is 5.24. The predicted octanol–water partition coefficient (Wildman–Crippen LogP) is 3.20. The zero-order valence-electron chi connectivity index (χ0n) is 14.2. The first-order valence-electron chi connectivity index (χ1n) is 7.55. The Kier molecular flexibility index (Phi) is 6.35. The van der Waals surface area contributed by atoms with Gasteiger partial charge in [0.2, 0.25) is 0 Å². The lowest BCUT2D eigenvalue weighted by molar-refractivity contribution is -0.383. The van der Waals surface area contributed by atoms with E-state index in [1.807, 2.05) is 0 Å². The maximum atomic E-state index is 12.6. The molecule has 2 N–H and O–H groups in total. The third-order valence-corrected chi connectivity index (χ3v) is 3.30. The van der Waals surface area contributed by atoms with Gasteiger partial charge in [0, 0.05) is 24.0 Å². The second-order valence-electron chi connectivity index (χ2n) is 5.22. The topological polar surface area (TPSA) is 132 Å². The molecule has 12 heteroatoms. The summed E-state index contributed by atoms with van der Waals surface area (Å²) in [5, 5.41) is 21.3. The number of alkyl halides is 3. The number of amides is 1. The van der Waals surface area contributed by atoms with Crippen LogP contribution in [0.4, 0.5) is 29.3 Å². The average molecular weight is 409 g/mol. The lowest BCUT2D eigenvalue weighted by Crippen LogP contribution is -2.30. The van der Waals surface area contributed by atoms with Crippen LogP contribution in [0.2, 0.25) is 0 Å². The van der Waals surface area contributed by atoms with Crippen LogP contribution < -0.4 is 5.32 Å². The monoisotopic (exact) mass is 409 g/mol. The zero-order chi connectivity index (χ0) is 21.6. The molecular weight excluding hydrogens is 399 g/mol. The van der Waals surface area contributed by atoms with Crippen molar-refractivity contribution >= 4 is 23.4 Å². The number of aromatic nitrogens is 1. The number of halogens is 3. The van der Waals surface area contributed by atoms with Crippen LogP contribution in [0, 0.1) is 22.0 Å². The van der Waals surface area contributed by atoms with Crippen LogP contribution in [0.5, 0.6) is 0 Å². The van der Waals surface area contributed by atoms with Crippen molar-refractivity contribution in [3.8, 4) is 23.0 Å². The maximum absolute atomic E-state index is 12.6. The molecule has 150 valence electrons. The van der Waals surface area contributed by atoms with E-state index in [1.165, 1.54) is 29.8 Å². The van der Waals surface area contributed by atoms with E-state index < -0.39 is 41.1 Å². The molecule has 0 saturated heterocycles. The van der Waals surface area contributed by atoms with Crippen LogP contribution in [0.25, 0.3) is 11.1 Å². The van der Waals surface area contributed by atoms with Gasteiger partial charge < -0.3 is 15.2 Å². The Morgan fingerprint density at radius 3 is 2.59 bits per heavy atom. The van der Waals surface area contributed by atoms with Crippen LogP contribution in [-0.2, 0) is 9.53 Å². The van der Waals surface area contributed by atoms with Gasteiger partial charge in [-0.1, -0.05) is 17.9 Å². The second kappa shape index (κ2) is 8.70. The highest BCUT2D eigenvalue weighted by molar-refractivity contribution is 5.99. The van der Waals surface area contributed by atoms with Crippen LogP contribution in [0.1, 0.15) is 5.56 Å². The van der Waals surface area contributed by atoms with Crippen LogP contribution in [0.15, 0.2) is 36.7 Å². The highest BCUT2D eigenvalue weighted by Crippen LogP contribution is 2.35. The van der Waals surface area contributed by atoms with E-state index in [1.54, 1.807) is 6.07 Å². The van der Waals surface area contributed by atoms with Crippen molar-refractivity contribution in [3.63, 3.8) is 0 Å². The molecule has 0 fully saturated rings. The van der Waals surface area contributed by atoms with Crippen molar-refractivity contribution in [2.45, 2.75) is 6.18 Å². The molecule has 1 heterocycles. The number of nitro groups is 1. The summed E-state index contributed by atoms with van der Waals surface area (Å²) in [6.07, 6.45) is -4.13. The number of carbonyl (C=O) groups is 2. The number of nitro benzene ring substituents is 1. The fourth-order valence-corrected chi connectivity index (χ4v) is 2.11. The number of nitrogens with zero attached hydrogens (tertiary/aromatic N) is 2. The van der Waals surface area contributed by atoms with Gasteiger partial charge in [0.25, 0.3) is 5.69 Å². The number of carboxylic acid groups (broad SMARTS) is 1. The Morgan fingerprint density at radius 1 is 1.31 bits per heavy atom. The summed E-state index contributed by atoms with van der Waals surface area (Å²) in [5.41, 5.74) is -1.38. The van der Waals surface area contributed by atoms with Gasteiger partial charge in [0.1, 0.15) is 5.69 Å². The molecule has 29 heavy (non-hydrogen) atoms. The fraction of sp³-hybridized carbons (Fsp3) is 0.118. The van der Waals surface area contributed by atoms with Gasteiger partial charge in [-0.3, -0.25) is 19.9 Å². The molecular formula is C17H10F3N3O6. The number of hydrogen-bond donors (Lipinski definition) is 2. The molecule has 0 atom stereocenters. The van der Waals surface area contributed by atoms with Crippen molar-refractivity contribution in [3.05, 3.63) is 52.3 Å². The van der Waals surface area contributed by atoms with E-state index in [-0.39, 0.29) is 11.1 Å². The molecule has 0 radical (unpaired) electrons. The molecule has 0 spiro atoms. The SMILES string of the molecule is O=C(O)OCC#Cc1cc(-c2cccnc2)cc([N+](=O)[O-])c1NC(=O)C(F)(F)F. The summed E-state index contributed by atoms with van der Waals surface area (Å²) in [4.78, 5) is 36.0. The Bertz CT molecular complexity index is 1010. The van der Waals surface area contributed by atoms with Gasteiger partial charge in [0.15, 0.2) is 6.61 Å². The molecule has 2 aromatic rings. The number of carbonyl (C=O) groups excluding carboxylic acids is 1. The summed E-state index contributed by atoms with van der Waals surface area (Å²) < 4.78 is 42.0. The average Bonchev–Trinajstić information content (AvgIpc) is 2.65. The fourth-order valence-electron chi connectivity index (χ4n) is 2.11. The number of pyridine rings is 1. The van der Waals surface area contributed by atoms with E-state index >= 15 is 0 Å². The molecule has 0 unspecified atom stereocenters. The number of rotatable bonds is 4. The molecule has 0 aliphatic rings. The van der Waals surface area contributed by atoms with E-state index in [0.717, 1.165) is 6.07 Å². The van der Waals surface area contributed by atoms with E-state index in [4.69, 9.17) is 5.11 Å². The molecule has 0 aliphatic heterocycles. The van der Waals surface area contributed by atoms with Gasteiger partial charge in [-0.05, 0) is 17.7 Å². The van der Waals surface area contributed by atoms with Crippen molar-refractivity contribution in [2.24, 2.45) is 0 Å². The predicted molar refractivity (Wildman–Crippen MR) is 91.9 cm³/mol. The third kappa shape index (κ3) is 5.67. The van der Waals surface area contributed by atoms with Crippen LogP contribution in [0.3, 0.4) is 0 Å². The van der Waals surface area contributed by atoms with E-state index in [9.17, 15) is 32.9 Å². The van der Waals surface area contributed by atoms with E-state index in [2.05, 4.69) is 21.6 Å². The highest BCUT2D eigenvalue weighted by atomic mass is 19.4. The summed E-state index contributed by atoms with van der Waals surface area (Å²) >= 11 is 0. The molecule has 0 aliphatic carbocycles. The van der Waals surface area contributed by atoms with E-state index in [0.29, 0.717) is 5.56 Å². The Labute approximate surface area is 160 Å². The quantitative estimate of drug-likeness (QED) is 0.343. The Morgan fingerprint density at radius 2 is 2.03 bits per heavy atom. The highest BCUT2D eigenvalue weighted by Gasteiger charge is 2.40. The number of anilines is 1. The first kappa shape index (κ1) is 21.2. The van der Waals surface area contributed by atoms with Crippen molar-refractivity contribution < 1.29 is 37.5 Å². The normalized spacial score (nSPS) is 10.4. The molecule has 0 saturated carbocycles. The number of hydrogen-bond acceptors (Lipinski definition) is 6. The zero-order valence-corrected chi connectivity index (χ0v) is 14.2. The smallest absolute Gasteiger partial charge is 0.450 e. The molecule has 2 rings (SSSR count). The number of nitrogens with one attached hydrogen (secondary N) is 1. The van der Waals surface area contributed by atoms with Crippen molar-refractivity contribution in [1.29, 1.82) is 0 Å². The first-order valence-corrected chi connectivity index (χ1v) is 7.55. The number of ether oxygens (including phenoxy) is 1. The Balaban J connectivity index is 2.62. The van der Waals surface area contributed by atoms with Crippen molar-refractivity contribution in [2.75, 3.05) is 11.9 Å². The molecule has 1 aromatic carbocycles. The molecule has 9 nitrogen and oxygen atoms in total. The Hall–Kier alpha value is -4.14. The lowest BCUT2D eigenvalue weighted by Gasteiger charge is -2.12. The van der Waals surface area contributed by atoms with Gasteiger partial charge >= 0.3 is 18.2 Å². The standard InChI is InChI=1S/C17H10F3N3O6/c18-17(19,20)15(24)22-14-10(4-2-6-29-16(25)26)7-12(8-13(14)23(27)28)11-3-1-5-21-9-11/h1,3,5,7-9H,6H2,(H,22,24)(H,25,26).